The molecule has 0 aliphatic heterocycles. The maximum Gasteiger partial charge on any atom is 0.326 e. The number of benzene rings is 1. The van der Waals surface area contributed by atoms with Gasteiger partial charge in [0.05, 0.1) is 10.0 Å². The number of primary amides is 1. The quantitative estimate of drug-likeness (QED) is 0.737. The van der Waals surface area contributed by atoms with Crippen molar-refractivity contribution in [2.75, 3.05) is 0 Å². The van der Waals surface area contributed by atoms with Crippen LogP contribution in [0.3, 0.4) is 0 Å². The molecule has 0 heterocycles. The largest absolute Gasteiger partial charge is 0.480 e. The lowest BCUT2D eigenvalue weighted by molar-refractivity contribution is -0.139. The molecule has 0 unspecified atom stereocenters. The summed E-state index contributed by atoms with van der Waals surface area (Å²) in [7, 11) is 0. The first kappa shape index (κ1) is 16.3. The molecule has 8 heteroatoms. The minimum Gasteiger partial charge on any atom is -0.480 e. The van der Waals surface area contributed by atoms with Gasteiger partial charge in [-0.25, -0.2) is 4.79 Å². The van der Waals surface area contributed by atoms with Gasteiger partial charge in [0.1, 0.15) is 6.04 Å². The van der Waals surface area contributed by atoms with E-state index in [4.69, 9.17) is 34.0 Å². The number of carboxylic acids is 1. The van der Waals surface area contributed by atoms with Crippen LogP contribution in [-0.4, -0.2) is 28.9 Å². The van der Waals surface area contributed by atoms with E-state index >= 15 is 0 Å². The van der Waals surface area contributed by atoms with Crippen LogP contribution in [0, 0.1) is 0 Å². The lowest BCUT2D eigenvalue weighted by Gasteiger charge is -2.14. The standard InChI is InChI=1S/C12H12Cl2N2O4/c13-7-2-1-6(5-8(7)14)11(18)16-9(12(19)20)3-4-10(15)17/h1-2,5,9H,3-4H2,(H2,15,17)(H,16,18)(H,19,20)/t9-/m0/s1. The summed E-state index contributed by atoms with van der Waals surface area (Å²) < 4.78 is 0. The van der Waals surface area contributed by atoms with Gasteiger partial charge in [0.2, 0.25) is 5.91 Å². The van der Waals surface area contributed by atoms with Crippen molar-refractivity contribution in [1.29, 1.82) is 0 Å². The van der Waals surface area contributed by atoms with E-state index in [9.17, 15) is 14.4 Å². The van der Waals surface area contributed by atoms with Gasteiger partial charge in [-0.3, -0.25) is 9.59 Å². The topological polar surface area (TPSA) is 109 Å². The zero-order chi connectivity index (χ0) is 15.3. The fraction of sp³-hybridized carbons (Fsp3) is 0.250. The molecule has 0 saturated heterocycles. The van der Waals surface area contributed by atoms with Crippen molar-refractivity contribution in [3.63, 3.8) is 0 Å². The number of nitrogens with one attached hydrogen (secondary N) is 1. The van der Waals surface area contributed by atoms with Gasteiger partial charge >= 0.3 is 5.97 Å². The van der Waals surface area contributed by atoms with Gasteiger partial charge in [0.15, 0.2) is 0 Å². The van der Waals surface area contributed by atoms with Gasteiger partial charge < -0.3 is 16.2 Å². The normalized spacial score (nSPS) is 11.7. The molecular weight excluding hydrogens is 307 g/mol. The summed E-state index contributed by atoms with van der Waals surface area (Å²) in [6.07, 6.45) is -0.226. The average molecular weight is 319 g/mol. The molecule has 0 aromatic heterocycles. The van der Waals surface area contributed by atoms with Crippen molar-refractivity contribution in [2.45, 2.75) is 18.9 Å². The molecule has 1 rings (SSSR count). The molecule has 1 aromatic carbocycles. The third kappa shape index (κ3) is 4.71. The van der Waals surface area contributed by atoms with E-state index in [-0.39, 0.29) is 28.5 Å². The highest BCUT2D eigenvalue weighted by molar-refractivity contribution is 6.42. The molecule has 20 heavy (non-hydrogen) atoms. The van der Waals surface area contributed by atoms with Crippen LogP contribution in [0.15, 0.2) is 18.2 Å². The second kappa shape index (κ2) is 7.12. The summed E-state index contributed by atoms with van der Waals surface area (Å²) in [5.41, 5.74) is 5.11. The van der Waals surface area contributed by atoms with Gasteiger partial charge in [0.25, 0.3) is 5.91 Å². The summed E-state index contributed by atoms with van der Waals surface area (Å²) in [6.45, 7) is 0. The monoisotopic (exact) mass is 318 g/mol. The molecule has 4 N–H and O–H groups in total. The van der Waals surface area contributed by atoms with Crippen molar-refractivity contribution in [3.05, 3.63) is 33.8 Å². The fourth-order valence-corrected chi connectivity index (χ4v) is 1.72. The van der Waals surface area contributed by atoms with Gasteiger partial charge in [-0.05, 0) is 24.6 Å². The zero-order valence-electron chi connectivity index (χ0n) is 10.2. The number of nitrogens with two attached hydrogens (primary N) is 1. The number of amides is 2. The second-order valence-corrected chi connectivity index (χ2v) is 4.81. The van der Waals surface area contributed by atoms with Crippen LogP contribution in [0.5, 0.6) is 0 Å². The second-order valence-electron chi connectivity index (χ2n) is 4.00. The molecule has 0 saturated carbocycles. The van der Waals surface area contributed by atoms with E-state index < -0.39 is 23.8 Å². The minimum atomic E-state index is -1.25. The number of halogens is 2. The minimum absolute atomic E-state index is 0.0856. The Bertz CT molecular complexity index is 548. The van der Waals surface area contributed by atoms with Crippen molar-refractivity contribution < 1.29 is 19.5 Å². The van der Waals surface area contributed by atoms with Crippen molar-refractivity contribution in [2.24, 2.45) is 5.73 Å². The van der Waals surface area contributed by atoms with Crippen molar-refractivity contribution >= 4 is 41.0 Å². The van der Waals surface area contributed by atoms with E-state index in [1.807, 2.05) is 0 Å². The van der Waals surface area contributed by atoms with Crippen LogP contribution in [-0.2, 0) is 9.59 Å². The van der Waals surface area contributed by atoms with Crippen molar-refractivity contribution in [3.8, 4) is 0 Å². The fourth-order valence-electron chi connectivity index (χ4n) is 1.42. The molecule has 1 aromatic rings. The first-order valence-electron chi connectivity index (χ1n) is 5.58. The number of hydrogen-bond donors (Lipinski definition) is 3. The summed E-state index contributed by atoms with van der Waals surface area (Å²) in [5, 5.41) is 11.7. The van der Waals surface area contributed by atoms with E-state index in [0.717, 1.165) is 0 Å². The molecular formula is C12H12Cl2N2O4. The van der Waals surface area contributed by atoms with Gasteiger partial charge in [0, 0.05) is 12.0 Å². The Morgan fingerprint density at radius 2 is 1.90 bits per heavy atom. The lowest BCUT2D eigenvalue weighted by Crippen LogP contribution is -2.41. The molecule has 108 valence electrons. The highest BCUT2D eigenvalue weighted by Gasteiger charge is 2.21. The molecule has 0 aliphatic carbocycles. The van der Waals surface area contributed by atoms with Crippen LogP contribution in [0.1, 0.15) is 23.2 Å². The Balaban J connectivity index is 2.77. The molecule has 2 amide bonds. The Morgan fingerprint density at radius 1 is 1.25 bits per heavy atom. The maximum absolute atomic E-state index is 11.9. The van der Waals surface area contributed by atoms with Crippen molar-refractivity contribution in [1.82, 2.24) is 5.32 Å². The smallest absolute Gasteiger partial charge is 0.326 e. The molecule has 6 nitrogen and oxygen atoms in total. The predicted octanol–water partition coefficient (Wildman–Crippen LogP) is 1.44. The van der Waals surface area contributed by atoms with Crippen LogP contribution in [0.4, 0.5) is 0 Å². The SMILES string of the molecule is NC(=O)CC[C@H](NC(=O)c1ccc(Cl)c(Cl)c1)C(=O)O. The highest BCUT2D eigenvalue weighted by atomic mass is 35.5. The molecule has 0 bridgehead atoms. The molecule has 0 aliphatic rings. The van der Waals surface area contributed by atoms with E-state index in [2.05, 4.69) is 5.32 Å². The Kier molecular flexibility index (Phi) is 5.79. The summed E-state index contributed by atoms with van der Waals surface area (Å²) >= 11 is 11.5. The van der Waals surface area contributed by atoms with Gasteiger partial charge in [-0.1, -0.05) is 23.2 Å². The predicted molar refractivity (Wildman–Crippen MR) is 73.8 cm³/mol. The highest BCUT2D eigenvalue weighted by Crippen LogP contribution is 2.22. The third-order valence-electron chi connectivity index (χ3n) is 2.46. The summed E-state index contributed by atoms with van der Waals surface area (Å²) in [5.74, 6) is -2.51. The van der Waals surface area contributed by atoms with Gasteiger partial charge in [-0.15, -0.1) is 0 Å². The van der Waals surface area contributed by atoms with E-state index in [1.165, 1.54) is 18.2 Å². The average Bonchev–Trinajstić information content (AvgIpc) is 2.36. The third-order valence-corrected chi connectivity index (χ3v) is 3.20. The number of carbonyl (C=O) groups excluding carboxylic acids is 2. The number of rotatable bonds is 6. The van der Waals surface area contributed by atoms with E-state index in [1.54, 1.807) is 0 Å². The molecule has 0 spiro atoms. The van der Waals surface area contributed by atoms with Crippen LogP contribution in [0.25, 0.3) is 0 Å². The molecule has 0 radical (unpaired) electrons. The number of carbonyl (C=O) groups is 3. The summed E-state index contributed by atoms with van der Waals surface area (Å²) in [4.78, 5) is 33.5. The van der Waals surface area contributed by atoms with Gasteiger partial charge in [-0.2, -0.15) is 0 Å². The Morgan fingerprint density at radius 3 is 2.40 bits per heavy atom. The first-order valence-corrected chi connectivity index (χ1v) is 6.34. The maximum atomic E-state index is 11.9. The lowest BCUT2D eigenvalue weighted by atomic mass is 10.1. The molecule has 1 atom stereocenters. The Hall–Kier alpha value is -1.79. The zero-order valence-corrected chi connectivity index (χ0v) is 11.7. The molecule has 0 fully saturated rings. The number of aliphatic carboxylic acids is 1. The summed E-state index contributed by atoms with van der Waals surface area (Å²) in [6, 6.07) is 2.96. The van der Waals surface area contributed by atoms with Crippen LogP contribution >= 0.6 is 23.2 Å². The van der Waals surface area contributed by atoms with Crippen LogP contribution in [0.2, 0.25) is 10.0 Å². The first-order chi connectivity index (χ1) is 9.31. The Labute approximate surface area is 124 Å². The van der Waals surface area contributed by atoms with Crippen LogP contribution < -0.4 is 11.1 Å². The number of carboxylic acid groups (broad SMARTS) is 1. The number of hydrogen-bond acceptors (Lipinski definition) is 3. The van der Waals surface area contributed by atoms with E-state index in [0.29, 0.717) is 0 Å².